The Balaban J connectivity index is 1.75. The van der Waals surface area contributed by atoms with E-state index in [1.54, 1.807) is 24.8 Å². The van der Waals surface area contributed by atoms with E-state index in [1.807, 2.05) is 4.57 Å². The number of anilines is 1. The zero-order valence-corrected chi connectivity index (χ0v) is 17.2. The van der Waals surface area contributed by atoms with Crippen molar-refractivity contribution in [1.82, 2.24) is 19.7 Å². The van der Waals surface area contributed by atoms with Crippen LogP contribution in [0.3, 0.4) is 0 Å². The average molecular weight is 451 g/mol. The molecule has 0 saturated heterocycles. The van der Waals surface area contributed by atoms with E-state index < -0.39 is 32.7 Å². The van der Waals surface area contributed by atoms with E-state index in [2.05, 4.69) is 15.2 Å². The van der Waals surface area contributed by atoms with Crippen LogP contribution < -0.4 is 4.31 Å². The average Bonchev–Trinajstić information content (AvgIpc) is 3.29. The first-order valence-corrected chi connectivity index (χ1v) is 11.2. The Bertz CT molecular complexity index is 1120. The van der Waals surface area contributed by atoms with E-state index in [9.17, 15) is 21.6 Å². The summed E-state index contributed by atoms with van der Waals surface area (Å²) in [5.41, 5.74) is -0.643. The van der Waals surface area contributed by atoms with Crippen LogP contribution in [-0.4, -0.2) is 34.2 Å². The highest BCUT2D eigenvalue weighted by molar-refractivity contribution is 7.92. The molecule has 0 N–H and O–H groups in total. The smallest absolute Gasteiger partial charge is 0.317 e. The van der Waals surface area contributed by atoms with Crippen molar-refractivity contribution in [3.8, 4) is 0 Å². The minimum Gasteiger partial charge on any atom is -0.317 e. The van der Waals surface area contributed by atoms with Crippen LogP contribution >= 0.6 is 0 Å². The maximum Gasteiger partial charge on any atom is 0.416 e. The van der Waals surface area contributed by atoms with Gasteiger partial charge in [-0.15, -0.1) is 10.2 Å². The normalized spacial score (nSPS) is 19.8. The van der Waals surface area contributed by atoms with E-state index >= 15 is 0 Å². The molecule has 0 amide bonds. The van der Waals surface area contributed by atoms with Gasteiger partial charge in [0, 0.05) is 24.5 Å². The lowest BCUT2D eigenvalue weighted by Gasteiger charge is -2.38. The van der Waals surface area contributed by atoms with Crippen molar-refractivity contribution in [3.63, 3.8) is 0 Å². The predicted octanol–water partition coefficient (Wildman–Crippen LogP) is 4.07. The molecular weight excluding hydrogens is 431 g/mol. The SMILES string of the molecule is O=S(=O)(c1cccc(C(F)(F)F)c1)N(c1ccncc1)[C@H]1CCC[C@@H](n2cnnc2)C1. The molecule has 2 heterocycles. The summed E-state index contributed by atoms with van der Waals surface area (Å²) >= 11 is 0. The molecule has 0 spiro atoms. The fourth-order valence-electron chi connectivity index (χ4n) is 4.00. The Morgan fingerprint density at radius 3 is 2.42 bits per heavy atom. The van der Waals surface area contributed by atoms with E-state index in [0.29, 0.717) is 24.6 Å². The second-order valence-corrected chi connectivity index (χ2v) is 9.23. The third kappa shape index (κ3) is 4.41. The highest BCUT2D eigenvalue weighted by Gasteiger charge is 2.37. The lowest BCUT2D eigenvalue weighted by atomic mass is 9.90. The van der Waals surface area contributed by atoms with E-state index in [0.717, 1.165) is 25.0 Å². The molecule has 1 aliphatic carbocycles. The van der Waals surface area contributed by atoms with Gasteiger partial charge in [-0.1, -0.05) is 6.07 Å². The number of sulfonamides is 1. The third-order valence-electron chi connectivity index (χ3n) is 5.44. The Morgan fingerprint density at radius 1 is 1.03 bits per heavy atom. The molecule has 1 fully saturated rings. The summed E-state index contributed by atoms with van der Waals surface area (Å²) in [4.78, 5) is 3.54. The number of nitrogens with zero attached hydrogens (tertiary/aromatic N) is 5. The van der Waals surface area contributed by atoms with Crippen LogP contribution in [0, 0.1) is 0 Å². The second kappa shape index (κ2) is 8.29. The summed E-state index contributed by atoms with van der Waals surface area (Å²) in [5, 5.41) is 7.64. The van der Waals surface area contributed by atoms with E-state index in [4.69, 9.17) is 0 Å². The van der Waals surface area contributed by atoms with Crippen LogP contribution in [0.2, 0.25) is 0 Å². The van der Waals surface area contributed by atoms with Crippen LogP contribution in [0.5, 0.6) is 0 Å². The molecule has 0 radical (unpaired) electrons. The highest BCUT2D eigenvalue weighted by atomic mass is 32.2. The molecule has 7 nitrogen and oxygen atoms in total. The molecule has 1 saturated carbocycles. The fourth-order valence-corrected chi connectivity index (χ4v) is 5.74. The van der Waals surface area contributed by atoms with Crippen LogP contribution in [0.1, 0.15) is 37.3 Å². The van der Waals surface area contributed by atoms with Crippen molar-refractivity contribution < 1.29 is 21.6 Å². The summed E-state index contributed by atoms with van der Waals surface area (Å²) in [6, 6.07) is 6.50. The minimum absolute atomic E-state index is 0.00482. The summed E-state index contributed by atoms with van der Waals surface area (Å²) < 4.78 is 69.9. The quantitative estimate of drug-likeness (QED) is 0.584. The number of pyridine rings is 1. The standard InChI is InChI=1S/C20H20F3N5O2S/c21-20(22,23)15-3-1-6-19(11-15)31(29,30)28(16-7-9-24-10-8-16)18-5-2-4-17(12-18)27-13-25-26-14-27/h1,3,6-11,13-14,17-18H,2,4-5,12H2/t17-,18+/m1/s1. The molecule has 164 valence electrons. The Labute approximate surface area is 177 Å². The summed E-state index contributed by atoms with van der Waals surface area (Å²) in [6.45, 7) is 0. The first-order chi connectivity index (χ1) is 14.8. The Kier molecular flexibility index (Phi) is 5.69. The van der Waals surface area contributed by atoms with Crippen LogP contribution in [-0.2, 0) is 16.2 Å². The monoisotopic (exact) mass is 451 g/mol. The summed E-state index contributed by atoms with van der Waals surface area (Å²) in [7, 11) is -4.26. The number of aromatic nitrogens is 4. The maximum absolute atomic E-state index is 13.6. The van der Waals surface area contributed by atoms with Gasteiger partial charge in [0.05, 0.1) is 16.1 Å². The maximum atomic E-state index is 13.6. The zero-order chi connectivity index (χ0) is 22.1. The number of hydrogen-bond donors (Lipinski definition) is 0. The summed E-state index contributed by atoms with van der Waals surface area (Å²) in [5.74, 6) is 0. The number of hydrogen-bond acceptors (Lipinski definition) is 5. The van der Waals surface area contributed by atoms with Gasteiger partial charge < -0.3 is 4.57 Å². The van der Waals surface area contributed by atoms with Crippen molar-refractivity contribution in [2.24, 2.45) is 0 Å². The highest BCUT2D eigenvalue weighted by Crippen LogP contribution is 2.37. The predicted molar refractivity (Wildman–Crippen MR) is 107 cm³/mol. The number of rotatable bonds is 5. The van der Waals surface area contributed by atoms with E-state index in [-0.39, 0.29) is 6.04 Å². The molecule has 31 heavy (non-hydrogen) atoms. The largest absolute Gasteiger partial charge is 0.416 e. The lowest BCUT2D eigenvalue weighted by molar-refractivity contribution is -0.137. The third-order valence-corrected chi connectivity index (χ3v) is 7.32. The van der Waals surface area contributed by atoms with Crippen molar-refractivity contribution in [2.75, 3.05) is 4.31 Å². The van der Waals surface area contributed by atoms with Crippen molar-refractivity contribution in [1.29, 1.82) is 0 Å². The molecular formula is C20H20F3N5O2S. The van der Waals surface area contributed by atoms with Gasteiger partial charge in [0.25, 0.3) is 10.0 Å². The van der Waals surface area contributed by atoms with Crippen molar-refractivity contribution in [2.45, 2.75) is 48.8 Å². The fraction of sp³-hybridized carbons (Fsp3) is 0.350. The van der Waals surface area contributed by atoms with Gasteiger partial charge >= 0.3 is 6.18 Å². The zero-order valence-electron chi connectivity index (χ0n) is 16.4. The molecule has 1 aliphatic rings. The Morgan fingerprint density at radius 2 is 1.74 bits per heavy atom. The van der Waals surface area contributed by atoms with Crippen LogP contribution in [0.15, 0.2) is 66.3 Å². The van der Waals surface area contributed by atoms with Crippen molar-refractivity contribution >= 4 is 15.7 Å². The first-order valence-electron chi connectivity index (χ1n) is 9.72. The molecule has 3 aromatic rings. The topological polar surface area (TPSA) is 81.0 Å². The minimum atomic E-state index is -4.64. The Hall–Kier alpha value is -2.95. The molecule has 2 aromatic heterocycles. The number of alkyl halides is 3. The number of benzene rings is 1. The van der Waals surface area contributed by atoms with Gasteiger partial charge in [0.2, 0.25) is 0 Å². The summed E-state index contributed by atoms with van der Waals surface area (Å²) in [6.07, 6.45) is 4.12. The molecule has 1 aromatic carbocycles. The molecule has 0 aliphatic heterocycles. The molecule has 0 unspecified atom stereocenters. The van der Waals surface area contributed by atoms with Gasteiger partial charge in [0.1, 0.15) is 12.7 Å². The molecule has 0 bridgehead atoms. The second-order valence-electron chi connectivity index (χ2n) is 7.42. The van der Waals surface area contributed by atoms with E-state index in [1.165, 1.54) is 22.8 Å². The van der Waals surface area contributed by atoms with Gasteiger partial charge in [0.15, 0.2) is 0 Å². The molecule has 11 heteroatoms. The van der Waals surface area contributed by atoms with Gasteiger partial charge in [-0.25, -0.2) is 8.42 Å². The number of halogens is 3. The first kappa shape index (κ1) is 21.3. The van der Waals surface area contributed by atoms with Gasteiger partial charge in [-0.05, 0) is 56.0 Å². The van der Waals surface area contributed by atoms with Gasteiger partial charge in [-0.2, -0.15) is 13.2 Å². The van der Waals surface area contributed by atoms with Crippen LogP contribution in [0.25, 0.3) is 0 Å². The molecule has 2 atom stereocenters. The van der Waals surface area contributed by atoms with Crippen LogP contribution in [0.4, 0.5) is 18.9 Å². The molecule has 4 rings (SSSR count). The van der Waals surface area contributed by atoms with Crippen molar-refractivity contribution in [3.05, 3.63) is 67.0 Å². The lowest BCUT2D eigenvalue weighted by Crippen LogP contribution is -2.43. The van der Waals surface area contributed by atoms with Gasteiger partial charge in [-0.3, -0.25) is 9.29 Å².